The van der Waals surface area contributed by atoms with Crippen LogP contribution in [-0.4, -0.2) is 18.2 Å². The molecule has 1 N–H and O–H groups in total. The fourth-order valence-electron chi connectivity index (χ4n) is 1.94. The molecular weight excluding hydrogens is 292 g/mol. The van der Waals surface area contributed by atoms with Crippen molar-refractivity contribution in [3.05, 3.63) is 58.6 Å². The van der Waals surface area contributed by atoms with Gasteiger partial charge in [0.2, 0.25) is 0 Å². The highest BCUT2D eigenvalue weighted by molar-refractivity contribution is 6.31. The Morgan fingerprint density at radius 3 is 2.57 bits per heavy atom. The van der Waals surface area contributed by atoms with Crippen LogP contribution in [0.4, 0.5) is 0 Å². The molecule has 1 atom stereocenters. The van der Waals surface area contributed by atoms with Gasteiger partial charge in [0.25, 0.3) is 0 Å². The van der Waals surface area contributed by atoms with Crippen molar-refractivity contribution in [3.8, 4) is 11.5 Å². The summed E-state index contributed by atoms with van der Waals surface area (Å²) in [5.74, 6) is -0.662. The van der Waals surface area contributed by atoms with Crippen LogP contribution < -0.4 is 4.74 Å². The molecule has 0 aliphatic rings. The normalized spacial score (nSPS) is 11.8. The largest absolute Gasteiger partial charge is 0.504 e. The number of carbonyl (C=O) groups excluding carboxylic acids is 1. The number of ether oxygens (including phenoxy) is 2. The minimum absolute atomic E-state index is 0.0493. The van der Waals surface area contributed by atoms with E-state index >= 15 is 0 Å². The second kappa shape index (κ2) is 6.50. The fourth-order valence-corrected chi connectivity index (χ4v) is 2.23. The van der Waals surface area contributed by atoms with E-state index in [0.717, 1.165) is 0 Å². The molecule has 2 rings (SSSR count). The Labute approximate surface area is 127 Å². The average molecular weight is 307 g/mol. The van der Waals surface area contributed by atoms with E-state index in [9.17, 15) is 9.90 Å². The van der Waals surface area contributed by atoms with E-state index in [4.69, 9.17) is 21.1 Å². The molecule has 0 saturated heterocycles. The van der Waals surface area contributed by atoms with Crippen LogP contribution in [0.15, 0.2) is 42.5 Å². The number of phenolic OH excluding ortho intramolecular Hbond substituents is 1. The molecule has 0 saturated carbocycles. The van der Waals surface area contributed by atoms with Gasteiger partial charge in [-0.25, -0.2) is 4.79 Å². The highest BCUT2D eigenvalue weighted by Gasteiger charge is 2.20. The van der Waals surface area contributed by atoms with Gasteiger partial charge in [-0.15, -0.1) is 0 Å². The molecule has 0 bridgehead atoms. The smallest absolute Gasteiger partial charge is 0.342 e. The SMILES string of the molecule is COc1cccc(C(=O)OC(C)c2ccccc2Cl)c1O. The predicted octanol–water partition coefficient (Wildman–Crippen LogP) is 3.97. The number of para-hydroxylation sites is 1. The number of carbonyl (C=O) groups is 1. The molecule has 5 heteroatoms. The van der Waals surface area contributed by atoms with Crippen molar-refractivity contribution in [1.82, 2.24) is 0 Å². The van der Waals surface area contributed by atoms with Gasteiger partial charge in [-0.05, 0) is 25.1 Å². The van der Waals surface area contributed by atoms with Gasteiger partial charge in [0.1, 0.15) is 11.7 Å². The molecule has 21 heavy (non-hydrogen) atoms. The highest BCUT2D eigenvalue weighted by atomic mass is 35.5. The van der Waals surface area contributed by atoms with Gasteiger partial charge in [0.15, 0.2) is 11.5 Å². The number of esters is 1. The van der Waals surface area contributed by atoms with Crippen LogP contribution in [0, 0.1) is 0 Å². The third-order valence-corrected chi connectivity index (χ3v) is 3.41. The van der Waals surface area contributed by atoms with Crippen LogP contribution in [0.1, 0.15) is 28.9 Å². The van der Waals surface area contributed by atoms with E-state index in [1.807, 2.05) is 6.07 Å². The first-order valence-corrected chi connectivity index (χ1v) is 6.73. The summed E-state index contributed by atoms with van der Waals surface area (Å²) in [5, 5.41) is 10.5. The highest BCUT2D eigenvalue weighted by Crippen LogP contribution is 2.32. The van der Waals surface area contributed by atoms with Gasteiger partial charge in [0, 0.05) is 10.6 Å². The summed E-state index contributed by atoms with van der Waals surface area (Å²) in [7, 11) is 1.41. The standard InChI is InChI=1S/C16H15ClO4/c1-10(11-6-3-4-8-13(11)17)21-16(19)12-7-5-9-14(20-2)15(12)18/h3-10,18H,1-2H3. The van der Waals surface area contributed by atoms with Gasteiger partial charge >= 0.3 is 5.97 Å². The van der Waals surface area contributed by atoms with E-state index in [-0.39, 0.29) is 17.1 Å². The summed E-state index contributed by atoms with van der Waals surface area (Å²) in [4.78, 5) is 12.1. The molecule has 2 aromatic carbocycles. The van der Waals surface area contributed by atoms with Crippen molar-refractivity contribution in [3.63, 3.8) is 0 Å². The van der Waals surface area contributed by atoms with Crippen LogP contribution in [0.25, 0.3) is 0 Å². The van der Waals surface area contributed by atoms with Gasteiger partial charge < -0.3 is 14.6 Å². The topological polar surface area (TPSA) is 55.8 Å². The Hall–Kier alpha value is -2.20. The second-order valence-electron chi connectivity index (χ2n) is 4.43. The first-order chi connectivity index (χ1) is 10.0. The van der Waals surface area contributed by atoms with Crippen molar-refractivity contribution >= 4 is 17.6 Å². The molecule has 1 unspecified atom stereocenters. The first-order valence-electron chi connectivity index (χ1n) is 6.36. The van der Waals surface area contributed by atoms with E-state index in [2.05, 4.69) is 0 Å². The van der Waals surface area contributed by atoms with Crippen molar-refractivity contribution in [2.45, 2.75) is 13.0 Å². The zero-order valence-corrected chi connectivity index (χ0v) is 12.4. The monoisotopic (exact) mass is 306 g/mol. The molecule has 4 nitrogen and oxygen atoms in total. The number of hydrogen-bond acceptors (Lipinski definition) is 4. The molecule has 0 aliphatic carbocycles. The van der Waals surface area contributed by atoms with Crippen LogP contribution in [0.3, 0.4) is 0 Å². The number of methoxy groups -OCH3 is 1. The Morgan fingerprint density at radius 2 is 1.90 bits per heavy atom. The van der Waals surface area contributed by atoms with Crippen molar-refractivity contribution in [2.75, 3.05) is 7.11 Å². The lowest BCUT2D eigenvalue weighted by Gasteiger charge is -2.16. The maximum atomic E-state index is 12.1. The van der Waals surface area contributed by atoms with Crippen LogP contribution >= 0.6 is 11.6 Å². The number of benzene rings is 2. The summed E-state index contributed by atoms with van der Waals surface area (Å²) in [5.41, 5.74) is 0.753. The zero-order chi connectivity index (χ0) is 15.4. The predicted molar refractivity (Wildman–Crippen MR) is 79.9 cm³/mol. The van der Waals surface area contributed by atoms with Gasteiger partial charge in [-0.1, -0.05) is 35.9 Å². The Balaban J connectivity index is 2.21. The summed E-state index contributed by atoms with van der Waals surface area (Å²) in [6, 6.07) is 11.8. The van der Waals surface area contributed by atoms with E-state index in [1.165, 1.54) is 13.2 Å². The summed E-state index contributed by atoms with van der Waals surface area (Å²) < 4.78 is 10.3. The van der Waals surface area contributed by atoms with Crippen molar-refractivity contribution < 1.29 is 19.4 Å². The Kier molecular flexibility index (Phi) is 4.70. The van der Waals surface area contributed by atoms with Crippen molar-refractivity contribution in [2.24, 2.45) is 0 Å². The van der Waals surface area contributed by atoms with Gasteiger partial charge in [-0.2, -0.15) is 0 Å². The molecule has 0 radical (unpaired) electrons. The summed E-state index contributed by atoms with van der Waals surface area (Å²) in [6.45, 7) is 1.72. The molecule has 0 heterocycles. The number of hydrogen-bond donors (Lipinski definition) is 1. The molecule has 110 valence electrons. The summed E-state index contributed by atoms with van der Waals surface area (Å²) >= 11 is 6.07. The van der Waals surface area contributed by atoms with E-state index in [0.29, 0.717) is 10.6 Å². The minimum Gasteiger partial charge on any atom is -0.504 e. The molecule has 0 spiro atoms. The molecule has 0 aliphatic heterocycles. The third-order valence-electron chi connectivity index (χ3n) is 3.07. The lowest BCUT2D eigenvalue weighted by Crippen LogP contribution is -2.10. The molecule has 0 aromatic heterocycles. The van der Waals surface area contributed by atoms with E-state index in [1.54, 1.807) is 37.3 Å². The number of aromatic hydroxyl groups is 1. The zero-order valence-electron chi connectivity index (χ0n) is 11.7. The number of halogens is 1. The molecular formula is C16H15ClO4. The lowest BCUT2D eigenvalue weighted by molar-refractivity contribution is 0.0334. The van der Waals surface area contributed by atoms with Gasteiger partial charge in [0.05, 0.1) is 7.11 Å². The number of phenols is 1. The average Bonchev–Trinajstić information content (AvgIpc) is 2.47. The number of rotatable bonds is 4. The van der Waals surface area contributed by atoms with Crippen LogP contribution in [0.2, 0.25) is 5.02 Å². The van der Waals surface area contributed by atoms with Crippen molar-refractivity contribution in [1.29, 1.82) is 0 Å². The van der Waals surface area contributed by atoms with Crippen LogP contribution in [0.5, 0.6) is 11.5 Å². The Morgan fingerprint density at radius 1 is 1.19 bits per heavy atom. The molecule has 0 fully saturated rings. The third kappa shape index (κ3) is 3.28. The minimum atomic E-state index is -0.640. The molecule has 2 aromatic rings. The second-order valence-corrected chi connectivity index (χ2v) is 4.83. The maximum absolute atomic E-state index is 12.1. The maximum Gasteiger partial charge on any atom is 0.342 e. The lowest BCUT2D eigenvalue weighted by atomic mass is 10.1. The Bertz CT molecular complexity index is 654. The fraction of sp³-hybridized carbons (Fsp3) is 0.188. The summed E-state index contributed by atoms with van der Waals surface area (Å²) in [6.07, 6.45) is -0.531. The van der Waals surface area contributed by atoms with E-state index < -0.39 is 12.1 Å². The van der Waals surface area contributed by atoms with Crippen LogP contribution in [-0.2, 0) is 4.74 Å². The first kappa shape index (κ1) is 15.2. The quantitative estimate of drug-likeness (QED) is 0.868. The molecule has 0 amide bonds. The van der Waals surface area contributed by atoms with Gasteiger partial charge in [-0.3, -0.25) is 0 Å².